The number of esters is 1. The van der Waals surface area contributed by atoms with Gasteiger partial charge in [-0.25, -0.2) is 9.59 Å². The first-order valence-electron chi connectivity index (χ1n) is 11.0. The molecular formula is C27H20N2O7. The van der Waals surface area contributed by atoms with Crippen molar-refractivity contribution in [1.29, 1.82) is 0 Å². The highest BCUT2D eigenvalue weighted by atomic mass is 16.5. The Morgan fingerprint density at radius 1 is 1.00 bits per heavy atom. The van der Waals surface area contributed by atoms with E-state index in [-0.39, 0.29) is 24.6 Å². The van der Waals surface area contributed by atoms with Crippen LogP contribution in [0.1, 0.15) is 26.3 Å². The number of nitrogens with zero attached hydrogens (tertiary/aromatic N) is 1. The maximum Gasteiger partial charge on any atom is 0.349 e. The van der Waals surface area contributed by atoms with E-state index < -0.39 is 17.5 Å². The molecule has 0 fully saturated rings. The minimum Gasteiger partial charge on any atom is -0.482 e. The van der Waals surface area contributed by atoms with Gasteiger partial charge in [0.25, 0.3) is 11.8 Å². The molecule has 0 aliphatic carbocycles. The molecule has 3 aromatic carbocycles. The van der Waals surface area contributed by atoms with Gasteiger partial charge in [0, 0.05) is 11.1 Å². The minimum atomic E-state index is -0.755. The first-order chi connectivity index (χ1) is 17.4. The Labute approximate surface area is 204 Å². The van der Waals surface area contributed by atoms with Gasteiger partial charge in [-0.1, -0.05) is 30.3 Å². The number of nitrogens with one attached hydrogen (secondary N) is 1. The lowest BCUT2D eigenvalue weighted by Gasteiger charge is -2.30. The van der Waals surface area contributed by atoms with E-state index in [1.165, 1.54) is 18.1 Å². The average Bonchev–Trinajstić information content (AvgIpc) is 2.89. The Kier molecular flexibility index (Phi) is 5.95. The number of carbonyl (C=O) groups excluding carboxylic acids is 3. The second-order valence-corrected chi connectivity index (χ2v) is 8.08. The quantitative estimate of drug-likeness (QED) is 0.339. The molecule has 1 aliphatic heterocycles. The van der Waals surface area contributed by atoms with Gasteiger partial charge in [0.2, 0.25) is 0 Å². The molecular weight excluding hydrogens is 464 g/mol. The fourth-order valence-corrected chi connectivity index (χ4v) is 3.97. The van der Waals surface area contributed by atoms with E-state index in [4.69, 9.17) is 13.9 Å². The topological polar surface area (TPSA) is 115 Å². The lowest BCUT2D eigenvalue weighted by atomic mass is 10.1. The number of benzene rings is 3. The average molecular weight is 484 g/mol. The van der Waals surface area contributed by atoms with Crippen molar-refractivity contribution in [3.05, 3.63) is 99.9 Å². The molecule has 0 saturated heterocycles. The number of hydrogen-bond acceptors (Lipinski definition) is 7. The molecule has 2 heterocycles. The Morgan fingerprint density at radius 3 is 2.67 bits per heavy atom. The molecule has 0 atom stereocenters. The van der Waals surface area contributed by atoms with Crippen LogP contribution in [0, 0.1) is 0 Å². The van der Waals surface area contributed by atoms with Crippen LogP contribution in [0.15, 0.2) is 82.0 Å². The van der Waals surface area contributed by atoms with Crippen LogP contribution < -0.4 is 20.6 Å². The van der Waals surface area contributed by atoms with Gasteiger partial charge in [0.05, 0.1) is 24.9 Å². The molecule has 0 spiro atoms. The van der Waals surface area contributed by atoms with Crippen molar-refractivity contribution in [3.8, 4) is 5.75 Å². The van der Waals surface area contributed by atoms with Gasteiger partial charge in [-0.3, -0.25) is 9.59 Å². The van der Waals surface area contributed by atoms with Crippen LogP contribution in [0.4, 0.5) is 11.4 Å². The van der Waals surface area contributed by atoms with E-state index in [1.54, 1.807) is 66.7 Å². The van der Waals surface area contributed by atoms with E-state index in [0.717, 1.165) is 0 Å². The number of anilines is 2. The van der Waals surface area contributed by atoms with Crippen LogP contribution in [0.2, 0.25) is 0 Å². The summed E-state index contributed by atoms with van der Waals surface area (Å²) in [6.45, 7) is 0.0270. The monoisotopic (exact) mass is 484 g/mol. The van der Waals surface area contributed by atoms with Crippen LogP contribution in [-0.2, 0) is 16.1 Å². The van der Waals surface area contributed by atoms with Crippen molar-refractivity contribution in [3.63, 3.8) is 0 Å². The molecule has 9 heteroatoms. The number of ether oxygens (including phenoxy) is 2. The highest BCUT2D eigenvalue weighted by molar-refractivity contribution is 6.06. The number of methoxy groups -OCH3 is 1. The molecule has 1 aromatic heterocycles. The number of hydrogen-bond donors (Lipinski definition) is 1. The van der Waals surface area contributed by atoms with Gasteiger partial charge in [-0.2, -0.15) is 0 Å². The summed E-state index contributed by atoms with van der Waals surface area (Å²) < 4.78 is 15.6. The number of para-hydroxylation sites is 1. The van der Waals surface area contributed by atoms with Crippen LogP contribution in [0.25, 0.3) is 11.0 Å². The summed E-state index contributed by atoms with van der Waals surface area (Å²) in [5.41, 5.74) is 1.37. The molecule has 9 nitrogen and oxygen atoms in total. The number of amides is 2. The van der Waals surface area contributed by atoms with Gasteiger partial charge in [-0.15, -0.1) is 0 Å². The van der Waals surface area contributed by atoms with E-state index >= 15 is 0 Å². The van der Waals surface area contributed by atoms with Crippen molar-refractivity contribution in [2.24, 2.45) is 0 Å². The standard InChI is InChI=1S/C27H20N2O7/c1-34-26(32)18-7-4-5-16(11-18)14-29-21-13-19(9-10-23(21)35-15-24(29)30)28-25(31)20-12-17-6-2-3-8-22(17)36-27(20)33/h2-13H,14-15H2,1H3,(H,28,31). The summed E-state index contributed by atoms with van der Waals surface area (Å²) in [6.07, 6.45) is 0. The van der Waals surface area contributed by atoms with Crippen molar-refractivity contribution < 1.29 is 28.3 Å². The SMILES string of the molecule is COC(=O)c1cccc(CN2C(=O)COc3ccc(NC(=O)c4cc5ccccc5oc4=O)cc32)c1. The summed E-state index contributed by atoms with van der Waals surface area (Å²) in [4.78, 5) is 51.4. The number of carbonyl (C=O) groups is 3. The van der Waals surface area contributed by atoms with Gasteiger partial charge in [-0.05, 0) is 48.0 Å². The highest BCUT2D eigenvalue weighted by Gasteiger charge is 2.27. The van der Waals surface area contributed by atoms with Crippen LogP contribution in [0.3, 0.4) is 0 Å². The second kappa shape index (κ2) is 9.38. The Balaban J connectivity index is 1.43. The number of fused-ring (bicyclic) bond motifs is 2. The van der Waals surface area contributed by atoms with Crippen molar-refractivity contribution in [2.45, 2.75) is 6.54 Å². The molecule has 0 radical (unpaired) electrons. The normalized spacial score (nSPS) is 12.6. The fraction of sp³-hybridized carbons (Fsp3) is 0.111. The zero-order valence-electron chi connectivity index (χ0n) is 19.1. The minimum absolute atomic E-state index is 0.143. The summed E-state index contributed by atoms with van der Waals surface area (Å²) in [6, 6.07) is 20.0. The second-order valence-electron chi connectivity index (χ2n) is 8.08. The molecule has 36 heavy (non-hydrogen) atoms. The predicted octanol–water partition coefficient (Wildman–Crippen LogP) is 3.76. The maximum atomic E-state index is 12.9. The summed E-state index contributed by atoms with van der Waals surface area (Å²) in [5, 5.41) is 3.31. The third kappa shape index (κ3) is 4.41. The molecule has 180 valence electrons. The lowest BCUT2D eigenvalue weighted by Crippen LogP contribution is -2.38. The van der Waals surface area contributed by atoms with Crippen LogP contribution in [0.5, 0.6) is 5.75 Å². The first kappa shape index (κ1) is 22.9. The van der Waals surface area contributed by atoms with Crippen molar-refractivity contribution in [1.82, 2.24) is 0 Å². The molecule has 0 unspecified atom stereocenters. The highest BCUT2D eigenvalue weighted by Crippen LogP contribution is 2.35. The molecule has 1 aliphatic rings. The van der Waals surface area contributed by atoms with Gasteiger partial charge < -0.3 is 24.1 Å². The Morgan fingerprint density at radius 2 is 1.83 bits per heavy atom. The molecule has 5 rings (SSSR count). The smallest absolute Gasteiger partial charge is 0.349 e. The summed E-state index contributed by atoms with van der Waals surface area (Å²) in [5.74, 6) is -0.949. The third-order valence-corrected chi connectivity index (χ3v) is 5.73. The molecule has 0 saturated carbocycles. The maximum absolute atomic E-state index is 12.9. The van der Waals surface area contributed by atoms with E-state index in [2.05, 4.69) is 5.32 Å². The number of rotatable bonds is 5. The largest absolute Gasteiger partial charge is 0.482 e. The van der Waals surface area contributed by atoms with Crippen molar-refractivity contribution in [2.75, 3.05) is 23.9 Å². The zero-order chi connectivity index (χ0) is 25.2. The zero-order valence-corrected chi connectivity index (χ0v) is 19.1. The first-order valence-corrected chi connectivity index (χ1v) is 11.0. The van der Waals surface area contributed by atoms with Gasteiger partial charge in [0.15, 0.2) is 6.61 Å². The molecule has 1 N–H and O–H groups in total. The Hall–Kier alpha value is -4.92. The molecule has 4 aromatic rings. The van der Waals surface area contributed by atoms with Crippen molar-refractivity contribution >= 4 is 40.1 Å². The lowest BCUT2D eigenvalue weighted by molar-refractivity contribution is -0.121. The fourth-order valence-electron chi connectivity index (χ4n) is 3.97. The molecule has 0 bridgehead atoms. The third-order valence-electron chi connectivity index (χ3n) is 5.73. The van der Waals surface area contributed by atoms with Gasteiger partial charge in [0.1, 0.15) is 16.9 Å². The van der Waals surface area contributed by atoms with Crippen LogP contribution >= 0.6 is 0 Å². The van der Waals surface area contributed by atoms with E-state index in [1.807, 2.05) is 0 Å². The predicted molar refractivity (Wildman–Crippen MR) is 131 cm³/mol. The summed E-state index contributed by atoms with van der Waals surface area (Å²) in [7, 11) is 1.30. The molecule has 2 amide bonds. The van der Waals surface area contributed by atoms with Crippen LogP contribution in [-0.4, -0.2) is 31.5 Å². The van der Waals surface area contributed by atoms with E-state index in [0.29, 0.717) is 39.2 Å². The van der Waals surface area contributed by atoms with Gasteiger partial charge >= 0.3 is 11.6 Å². The van der Waals surface area contributed by atoms with E-state index in [9.17, 15) is 19.2 Å². The summed E-state index contributed by atoms with van der Waals surface area (Å²) >= 11 is 0. The Bertz CT molecular complexity index is 1570.